The number of hydrogen-bond acceptors (Lipinski definition) is 4. The lowest BCUT2D eigenvalue weighted by molar-refractivity contribution is 0.758. The smallest absolute Gasteiger partial charge is 0.0486 e. The molecule has 0 N–H and O–H groups in total. The molecule has 0 spiro atoms. The molecular weight excluding hydrogens is 176 g/mol. The van der Waals surface area contributed by atoms with Crippen LogP contribution in [0.1, 0.15) is 0 Å². The van der Waals surface area contributed by atoms with E-state index in [-0.39, 0.29) is 4.58 Å². The molecule has 0 saturated heterocycles. The Labute approximate surface area is 72.5 Å². The fourth-order valence-electron chi connectivity index (χ4n) is 0.246. The second kappa shape index (κ2) is 5.21. The Balaban J connectivity index is 3.35. The van der Waals surface area contributed by atoms with Gasteiger partial charge in [-0.1, -0.05) is 0 Å². The molecule has 0 rings (SSSR count). The van der Waals surface area contributed by atoms with E-state index in [1.807, 2.05) is 0 Å². The van der Waals surface area contributed by atoms with Crippen molar-refractivity contribution in [2.24, 2.45) is 5.92 Å². The maximum absolute atomic E-state index is 4.12. The van der Waals surface area contributed by atoms with E-state index < -0.39 is 0 Å². The second-order valence-electron chi connectivity index (χ2n) is 1.54. The zero-order chi connectivity index (χ0) is 6.57. The molecule has 0 radical (unpaired) electrons. The van der Waals surface area contributed by atoms with E-state index in [1.54, 1.807) is 0 Å². The minimum Gasteiger partial charge on any atom is -0.179 e. The number of hydrogen-bond donors (Lipinski definition) is 4. The van der Waals surface area contributed by atoms with Gasteiger partial charge in [-0.2, -0.15) is 50.5 Å². The van der Waals surface area contributed by atoms with Gasteiger partial charge in [0.05, 0.1) is 0 Å². The summed E-state index contributed by atoms with van der Waals surface area (Å²) in [7, 11) is 0. The van der Waals surface area contributed by atoms with Crippen LogP contribution in [-0.2, 0) is 0 Å². The molecule has 0 aromatic heterocycles. The van der Waals surface area contributed by atoms with Gasteiger partial charge in [0, 0.05) is 4.58 Å². The summed E-state index contributed by atoms with van der Waals surface area (Å²) in [6, 6.07) is 0. The van der Waals surface area contributed by atoms with Crippen molar-refractivity contribution in [1.29, 1.82) is 0 Å². The van der Waals surface area contributed by atoms with Crippen molar-refractivity contribution in [2.75, 3.05) is 11.5 Å². The Bertz CT molecular complexity index is 50.0. The normalized spacial score (nSPS) is 11.2. The van der Waals surface area contributed by atoms with E-state index in [0.717, 1.165) is 11.5 Å². The molecular formula is C4H10S4. The molecule has 0 heterocycles. The second-order valence-corrected chi connectivity index (χ2v) is 3.79. The maximum Gasteiger partial charge on any atom is 0.0486 e. The van der Waals surface area contributed by atoms with Gasteiger partial charge in [-0.3, -0.25) is 0 Å². The Morgan fingerprint density at radius 2 is 1.38 bits per heavy atom. The highest BCUT2D eigenvalue weighted by Crippen LogP contribution is 2.16. The van der Waals surface area contributed by atoms with E-state index in [9.17, 15) is 0 Å². The van der Waals surface area contributed by atoms with Gasteiger partial charge < -0.3 is 0 Å². The minimum atomic E-state index is 0.116. The molecule has 0 saturated carbocycles. The molecule has 0 fully saturated rings. The van der Waals surface area contributed by atoms with Crippen LogP contribution in [-0.4, -0.2) is 16.1 Å². The van der Waals surface area contributed by atoms with Crippen LogP contribution >= 0.6 is 50.5 Å². The Hall–Kier alpha value is 1.40. The van der Waals surface area contributed by atoms with Crippen LogP contribution in [0.2, 0.25) is 0 Å². The zero-order valence-electron chi connectivity index (χ0n) is 4.36. The lowest BCUT2D eigenvalue weighted by Gasteiger charge is -2.12. The van der Waals surface area contributed by atoms with Gasteiger partial charge in [-0.15, -0.1) is 0 Å². The third-order valence-electron chi connectivity index (χ3n) is 0.891. The standard InChI is InChI=1S/C4H10S4/c5-1-3(2-6)4(7)8/h3-8H,1-2H2. The van der Waals surface area contributed by atoms with Gasteiger partial charge in [0.1, 0.15) is 0 Å². The first kappa shape index (κ1) is 9.40. The monoisotopic (exact) mass is 186 g/mol. The van der Waals surface area contributed by atoms with Crippen LogP contribution in [0.25, 0.3) is 0 Å². The third kappa shape index (κ3) is 3.43. The van der Waals surface area contributed by atoms with E-state index >= 15 is 0 Å². The van der Waals surface area contributed by atoms with Gasteiger partial charge >= 0.3 is 0 Å². The van der Waals surface area contributed by atoms with Crippen LogP contribution < -0.4 is 0 Å². The summed E-state index contributed by atoms with van der Waals surface area (Å²) in [4.78, 5) is 0. The van der Waals surface area contributed by atoms with Gasteiger partial charge in [0.25, 0.3) is 0 Å². The average Bonchev–Trinajstić information content (AvgIpc) is 1.69. The molecule has 0 aliphatic carbocycles. The highest BCUT2D eigenvalue weighted by atomic mass is 32.2. The summed E-state index contributed by atoms with van der Waals surface area (Å²) < 4.78 is 0.116. The van der Waals surface area contributed by atoms with Crippen molar-refractivity contribution in [3.8, 4) is 0 Å². The fourth-order valence-corrected chi connectivity index (χ4v) is 2.22. The van der Waals surface area contributed by atoms with E-state index in [4.69, 9.17) is 0 Å². The molecule has 0 bridgehead atoms. The molecule has 0 amide bonds. The van der Waals surface area contributed by atoms with Crippen molar-refractivity contribution in [2.45, 2.75) is 4.58 Å². The number of thiol groups is 4. The largest absolute Gasteiger partial charge is 0.179 e. The molecule has 0 aromatic carbocycles. The Morgan fingerprint density at radius 3 is 1.38 bits per heavy atom. The first-order valence-corrected chi connectivity index (χ1v) is 4.60. The van der Waals surface area contributed by atoms with Crippen molar-refractivity contribution >= 4 is 50.5 Å². The van der Waals surface area contributed by atoms with Crippen LogP contribution in [0.15, 0.2) is 0 Å². The molecule has 4 heteroatoms. The van der Waals surface area contributed by atoms with Crippen LogP contribution in [0.3, 0.4) is 0 Å². The summed E-state index contributed by atoms with van der Waals surface area (Å²) in [5.74, 6) is 2.02. The molecule has 8 heavy (non-hydrogen) atoms. The van der Waals surface area contributed by atoms with E-state index in [0.29, 0.717) is 5.92 Å². The van der Waals surface area contributed by atoms with Crippen LogP contribution in [0.4, 0.5) is 0 Å². The average molecular weight is 186 g/mol. The lowest BCUT2D eigenvalue weighted by atomic mass is 10.2. The summed E-state index contributed by atoms with van der Waals surface area (Å²) in [6.45, 7) is 0. The molecule has 50 valence electrons. The summed E-state index contributed by atoms with van der Waals surface area (Å²) in [5, 5.41) is 0. The highest BCUT2D eigenvalue weighted by molar-refractivity contribution is 7.99. The van der Waals surface area contributed by atoms with E-state index in [2.05, 4.69) is 50.5 Å². The lowest BCUT2D eigenvalue weighted by Crippen LogP contribution is -2.12. The van der Waals surface area contributed by atoms with Gasteiger partial charge in [0.15, 0.2) is 0 Å². The van der Waals surface area contributed by atoms with Crippen LogP contribution in [0, 0.1) is 5.92 Å². The third-order valence-corrected chi connectivity index (χ3v) is 2.67. The van der Waals surface area contributed by atoms with Crippen molar-refractivity contribution in [3.05, 3.63) is 0 Å². The molecule has 0 atom stereocenters. The minimum absolute atomic E-state index is 0.116. The van der Waals surface area contributed by atoms with Crippen molar-refractivity contribution in [1.82, 2.24) is 0 Å². The molecule has 0 unspecified atom stereocenters. The van der Waals surface area contributed by atoms with Gasteiger partial charge in [0.2, 0.25) is 0 Å². The van der Waals surface area contributed by atoms with Gasteiger partial charge in [-0.25, -0.2) is 0 Å². The predicted molar refractivity (Wildman–Crippen MR) is 53.0 cm³/mol. The summed E-state index contributed by atoms with van der Waals surface area (Å²) >= 11 is 16.4. The SMILES string of the molecule is SCC(CS)C(S)S. The predicted octanol–water partition coefficient (Wildman–Crippen LogP) is 1.65. The topological polar surface area (TPSA) is 0 Å². The van der Waals surface area contributed by atoms with Crippen molar-refractivity contribution < 1.29 is 0 Å². The highest BCUT2D eigenvalue weighted by Gasteiger charge is 2.09. The first-order valence-electron chi connectivity index (χ1n) is 2.30. The Morgan fingerprint density at radius 1 is 1.00 bits per heavy atom. The number of rotatable bonds is 3. The molecule has 0 nitrogen and oxygen atoms in total. The summed E-state index contributed by atoms with van der Waals surface area (Å²) in [5.41, 5.74) is 0. The quantitative estimate of drug-likeness (QED) is 0.374. The first-order chi connectivity index (χ1) is 3.72. The molecule has 0 aromatic rings. The Kier molecular flexibility index (Phi) is 6.12. The summed E-state index contributed by atoms with van der Waals surface area (Å²) in [6.07, 6.45) is 0. The van der Waals surface area contributed by atoms with Gasteiger partial charge in [-0.05, 0) is 17.4 Å². The molecule has 0 aliphatic heterocycles. The van der Waals surface area contributed by atoms with E-state index in [1.165, 1.54) is 0 Å². The van der Waals surface area contributed by atoms with Crippen LogP contribution in [0.5, 0.6) is 0 Å². The maximum atomic E-state index is 4.12. The van der Waals surface area contributed by atoms with Crippen molar-refractivity contribution in [3.63, 3.8) is 0 Å². The fraction of sp³-hybridized carbons (Fsp3) is 1.00. The molecule has 0 aliphatic rings. The zero-order valence-corrected chi connectivity index (χ0v) is 7.94.